The number of nitrogens with zero attached hydrogens (tertiary/aromatic N) is 4. The van der Waals surface area contributed by atoms with Crippen LogP contribution in [-0.4, -0.2) is 9.55 Å². The first-order valence-electron chi connectivity index (χ1n) is 24.3. The fourth-order valence-electron chi connectivity index (χ4n) is 10.7. The smallest absolute Gasteiger partial charge is 0.225 e. The van der Waals surface area contributed by atoms with Crippen LogP contribution < -0.4 is 13.9 Å². The van der Waals surface area contributed by atoms with Crippen LogP contribution in [0.5, 0.6) is 11.5 Å². The Labute approximate surface area is 413 Å². The molecule has 4 heterocycles. The molecule has 1 saturated heterocycles. The van der Waals surface area contributed by atoms with Gasteiger partial charge in [-0.05, 0) is 98.4 Å². The van der Waals surface area contributed by atoms with Crippen molar-refractivity contribution in [3.05, 3.63) is 174 Å². The van der Waals surface area contributed by atoms with Crippen LogP contribution in [0.3, 0.4) is 0 Å². The number of hydrogen-bond donors (Lipinski definition) is 0. The van der Waals surface area contributed by atoms with Crippen LogP contribution in [-0.2, 0) is 31.9 Å². The molecule has 1 fully saturated rings. The number of pyridine rings is 1. The third-order valence-corrected chi connectivity index (χ3v) is 15.1. The van der Waals surface area contributed by atoms with Crippen LogP contribution in [0.4, 0.5) is 22.7 Å². The quantitative estimate of drug-likeness (QED) is 0.0693. The van der Waals surface area contributed by atoms with Gasteiger partial charge in [-0.1, -0.05) is 155 Å². The average Bonchev–Trinajstić information content (AvgIpc) is 3.81. The van der Waals surface area contributed by atoms with Gasteiger partial charge in [0.1, 0.15) is 5.82 Å². The third kappa shape index (κ3) is 7.34. The van der Waals surface area contributed by atoms with Gasteiger partial charge in [0, 0.05) is 68.5 Å². The van der Waals surface area contributed by atoms with E-state index in [4.69, 9.17) is 9.72 Å². The molecule has 1 unspecified atom stereocenters. The standard InChI is InChI=1S/C61H65N4O.Pt/c1-13-61(12,14-2)45-20-19-21-46(34-45)64-38-65(64,57-25-18-17-24-56(57)64)47-30-43(59-52(40(5)6)32-42(39(3)4)33-53(59)41(7)8)31-49(36-47)66-48-26-27-51-50-22-15-16-23-54(50)63(55(51)37-48)58-35-44(28-29-62-58)60(9,10)11;/h15-35,38-41H,13-14H2,1-12H3;/q-1;/t64-,65?;/m0./s1. The van der Waals surface area contributed by atoms with Crippen LogP contribution >= 0.6 is 0 Å². The van der Waals surface area contributed by atoms with Crippen LogP contribution in [0.25, 0.3) is 38.8 Å². The first-order chi connectivity index (χ1) is 31.5. The number of para-hydroxylation sites is 3. The molecule has 0 amide bonds. The molecular formula is C61H65N4OPt-. The van der Waals surface area contributed by atoms with Crippen molar-refractivity contribution in [2.45, 2.75) is 125 Å². The molecule has 10 rings (SSSR count). The van der Waals surface area contributed by atoms with E-state index in [0.717, 1.165) is 51.7 Å². The maximum Gasteiger partial charge on any atom is 0.225 e. The van der Waals surface area contributed by atoms with Crippen molar-refractivity contribution in [3.63, 3.8) is 0 Å². The van der Waals surface area contributed by atoms with Gasteiger partial charge in [0.05, 0.1) is 5.69 Å². The third-order valence-electron chi connectivity index (χ3n) is 15.1. The molecule has 0 N–H and O–H groups in total. The Hall–Kier alpha value is -5.32. The van der Waals surface area contributed by atoms with E-state index in [1.165, 1.54) is 50.4 Å². The summed E-state index contributed by atoms with van der Waals surface area (Å²) in [5.41, 5.74) is 16.1. The minimum absolute atomic E-state index is 0. The molecule has 2 aromatic heterocycles. The number of quaternary nitrogens is 2. The fourth-order valence-corrected chi connectivity index (χ4v) is 10.7. The van der Waals surface area contributed by atoms with Gasteiger partial charge < -0.3 is 9.30 Å². The van der Waals surface area contributed by atoms with Gasteiger partial charge in [0.25, 0.3) is 0 Å². The fraction of sp³-hybridized carbons (Fsp3) is 0.311. The number of fused-ring (bicyclic) bond motifs is 7. The maximum absolute atomic E-state index is 7.14. The predicted molar refractivity (Wildman–Crippen MR) is 277 cm³/mol. The molecule has 6 aromatic carbocycles. The summed E-state index contributed by atoms with van der Waals surface area (Å²) in [6.07, 6.45) is 4.09. The van der Waals surface area contributed by atoms with Gasteiger partial charge >= 0.3 is 0 Å². The Balaban J connectivity index is 0.00000562. The van der Waals surface area contributed by atoms with Gasteiger partial charge in [-0.15, -0.1) is 29.1 Å². The Morgan fingerprint density at radius 1 is 0.642 bits per heavy atom. The summed E-state index contributed by atoms with van der Waals surface area (Å²) in [7, 11) is 0. The summed E-state index contributed by atoms with van der Waals surface area (Å²) in [5, 5.41) is 2.26. The molecule has 2 aliphatic rings. The first kappa shape index (κ1) is 46.8. The number of ether oxygens (including phenoxy) is 1. The molecule has 346 valence electrons. The average molecular weight is 1070 g/mol. The number of rotatable bonds is 12. The molecule has 0 saturated carbocycles. The molecule has 0 spiro atoms. The van der Waals surface area contributed by atoms with Crippen LogP contribution in [0.2, 0.25) is 0 Å². The van der Waals surface area contributed by atoms with E-state index < -0.39 is 0 Å². The largest absolute Gasteiger partial charge is 0.509 e. The molecule has 2 atom stereocenters. The van der Waals surface area contributed by atoms with E-state index in [2.05, 4.69) is 228 Å². The van der Waals surface area contributed by atoms with Crippen molar-refractivity contribution in [2.24, 2.45) is 0 Å². The molecule has 8 aromatic rings. The van der Waals surface area contributed by atoms with E-state index >= 15 is 0 Å². The normalized spacial score (nSPS) is 17.7. The zero-order valence-corrected chi connectivity index (χ0v) is 43.6. The van der Waals surface area contributed by atoms with Crippen molar-refractivity contribution in [2.75, 3.05) is 0 Å². The summed E-state index contributed by atoms with van der Waals surface area (Å²) < 4.78 is 10.5. The second kappa shape index (κ2) is 17.0. The Morgan fingerprint density at radius 2 is 1.31 bits per heavy atom. The summed E-state index contributed by atoms with van der Waals surface area (Å²) in [6, 6.07) is 52.7. The Kier molecular flexibility index (Phi) is 11.9. The van der Waals surface area contributed by atoms with Gasteiger partial charge in [-0.25, -0.2) is 9.58 Å². The Morgan fingerprint density at radius 3 is 1.97 bits per heavy atom. The Bertz CT molecular complexity index is 3160. The van der Waals surface area contributed by atoms with Gasteiger partial charge in [-0.3, -0.25) is 0 Å². The molecular weight excluding hydrogens is 1000 g/mol. The summed E-state index contributed by atoms with van der Waals surface area (Å²) in [6.45, 7) is 30.2. The monoisotopic (exact) mass is 1060 g/mol. The van der Waals surface area contributed by atoms with Crippen molar-refractivity contribution >= 4 is 44.6 Å². The van der Waals surface area contributed by atoms with E-state index in [1.54, 1.807) is 0 Å². The topological polar surface area (TPSA) is 27.1 Å². The van der Waals surface area contributed by atoms with Gasteiger partial charge in [0.15, 0.2) is 12.4 Å². The second-order valence-corrected chi connectivity index (χ2v) is 21.1. The second-order valence-electron chi connectivity index (χ2n) is 21.1. The van der Waals surface area contributed by atoms with E-state index in [1.807, 2.05) is 6.20 Å². The number of hydrogen-bond acceptors (Lipinski definition) is 2. The van der Waals surface area contributed by atoms with Crippen molar-refractivity contribution in [1.29, 1.82) is 0 Å². The molecule has 2 aliphatic heterocycles. The van der Waals surface area contributed by atoms with Crippen LogP contribution in [0, 0.1) is 18.8 Å². The van der Waals surface area contributed by atoms with Crippen LogP contribution in [0.15, 0.2) is 128 Å². The zero-order chi connectivity index (χ0) is 46.5. The SMILES string of the molecule is CCC(C)(CC)c1cccc([N@+]23[CH-][N+]2(c2[c-]c(Oc4[c-]c5c(cc4)c4ccccc4n5-c4cc(C(C)(C)C)ccn4)cc(-c4c(C(C)C)cc(C(C)C)cc4C(C)C)c2)c2ccccc23)c1.[Pt]. The summed E-state index contributed by atoms with van der Waals surface area (Å²) >= 11 is 0. The van der Waals surface area contributed by atoms with Crippen molar-refractivity contribution in [3.8, 4) is 28.4 Å². The summed E-state index contributed by atoms with van der Waals surface area (Å²) in [4.78, 5) is 4.94. The predicted octanol–water partition coefficient (Wildman–Crippen LogP) is 17.3. The van der Waals surface area contributed by atoms with Crippen molar-refractivity contribution < 1.29 is 25.8 Å². The molecule has 0 radical (unpaired) electrons. The molecule has 5 nitrogen and oxygen atoms in total. The maximum atomic E-state index is 7.14. The van der Waals surface area contributed by atoms with Gasteiger partial charge in [-0.2, -0.15) is 10.7 Å². The minimum atomic E-state index is -0.0321. The molecule has 0 bridgehead atoms. The first-order valence-corrected chi connectivity index (χ1v) is 24.3. The zero-order valence-electron chi connectivity index (χ0n) is 41.4. The number of benzene rings is 6. The van der Waals surface area contributed by atoms with Crippen molar-refractivity contribution in [1.82, 2.24) is 18.7 Å². The molecule has 0 aliphatic carbocycles. The molecule has 67 heavy (non-hydrogen) atoms. The van der Waals surface area contributed by atoms with E-state index in [0.29, 0.717) is 38.4 Å². The van der Waals surface area contributed by atoms with Gasteiger partial charge in [0.2, 0.25) is 11.4 Å². The van der Waals surface area contributed by atoms with E-state index in [9.17, 15) is 0 Å². The summed E-state index contributed by atoms with van der Waals surface area (Å²) in [5.74, 6) is 3.20. The number of aromatic nitrogens is 2. The van der Waals surface area contributed by atoms with E-state index in [-0.39, 0.29) is 31.9 Å². The minimum Gasteiger partial charge on any atom is -0.509 e. The van der Waals surface area contributed by atoms with Crippen LogP contribution in [0.1, 0.15) is 141 Å². The molecule has 6 heteroatoms.